The fourth-order valence-corrected chi connectivity index (χ4v) is 2.82. The maximum atomic E-state index is 12.8. The quantitative estimate of drug-likeness (QED) is 0.844. The molecule has 0 radical (unpaired) electrons. The van der Waals surface area contributed by atoms with Crippen molar-refractivity contribution in [2.24, 2.45) is 5.92 Å². The Morgan fingerprint density at radius 2 is 1.83 bits per heavy atom. The number of halogens is 1. The lowest BCUT2D eigenvalue weighted by atomic mass is 10.1. The topological polar surface area (TPSA) is 61.4 Å². The van der Waals surface area contributed by atoms with E-state index < -0.39 is 6.03 Å². The van der Waals surface area contributed by atoms with Crippen LogP contribution in [0.15, 0.2) is 24.3 Å². The third kappa shape index (κ3) is 5.88. The second-order valence-electron chi connectivity index (χ2n) is 6.09. The molecule has 0 saturated heterocycles. The van der Waals surface area contributed by atoms with Crippen LogP contribution in [0.3, 0.4) is 0 Å². The van der Waals surface area contributed by atoms with Crippen LogP contribution in [0.25, 0.3) is 0 Å². The Morgan fingerprint density at radius 3 is 2.48 bits per heavy atom. The number of rotatable bonds is 6. The molecule has 1 aromatic rings. The van der Waals surface area contributed by atoms with E-state index in [1.54, 1.807) is 24.1 Å². The molecule has 0 aromatic heterocycles. The molecule has 0 spiro atoms. The van der Waals surface area contributed by atoms with Gasteiger partial charge in [-0.15, -0.1) is 0 Å². The summed E-state index contributed by atoms with van der Waals surface area (Å²) in [5, 5.41) is 5.20. The number of nitrogens with zero attached hydrogens (tertiary/aromatic N) is 1. The summed E-state index contributed by atoms with van der Waals surface area (Å²) in [6.45, 7) is 1.04. The van der Waals surface area contributed by atoms with E-state index in [-0.39, 0.29) is 24.8 Å². The standard InChI is InChI=1S/C17H24FN3O2/c1-21(12-14-4-2-3-5-14)16(22)11-20-17(23)19-10-13-6-8-15(18)9-7-13/h6-9,14H,2-5,10-12H2,1H3,(H2,19,20,23). The van der Waals surface area contributed by atoms with Crippen LogP contribution in [0.5, 0.6) is 0 Å². The maximum Gasteiger partial charge on any atom is 0.315 e. The largest absolute Gasteiger partial charge is 0.344 e. The average molecular weight is 321 g/mol. The van der Waals surface area contributed by atoms with Crippen LogP contribution in [0.1, 0.15) is 31.2 Å². The first kappa shape index (κ1) is 17.2. The minimum Gasteiger partial charge on any atom is -0.344 e. The highest BCUT2D eigenvalue weighted by atomic mass is 19.1. The van der Waals surface area contributed by atoms with E-state index in [0.29, 0.717) is 5.92 Å². The summed E-state index contributed by atoms with van der Waals surface area (Å²) in [6.07, 6.45) is 4.86. The van der Waals surface area contributed by atoms with Gasteiger partial charge in [-0.1, -0.05) is 25.0 Å². The van der Waals surface area contributed by atoms with Crippen LogP contribution < -0.4 is 10.6 Å². The van der Waals surface area contributed by atoms with E-state index in [1.807, 2.05) is 0 Å². The molecule has 5 nitrogen and oxygen atoms in total. The van der Waals surface area contributed by atoms with E-state index >= 15 is 0 Å². The van der Waals surface area contributed by atoms with Gasteiger partial charge in [-0.2, -0.15) is 0 Å². The predicted octanol–water partition coefficient (Wildman–Crippen LogP) is 2.27. The van der Waals surface area contributed by atoms with Crippen LogP contribution in [0.2, 0.25) is 0 Å². The average Bonchev–Trinajstić information content (AvgIpc) is 3.05. The lowest BCUT2D eigenvalue weighted by Gasteiger charge is -2.21. The highest BCUT2D eigenvalue weighted by molar-refractivity contribution is 5.83. The molecular formula is C17H24FN3O2. The Labute approximate surface area is 136 Å². The number of urea groups is 1. The van der Waals surface area contributed by atoms with Crippen molar-refractivity contribution >= 4 is 11.9 Å². The van der Waals surface area contributed by atoms with Gasteiger partial charge < -0.3 is 15.5 Å². The van der Waals surface area contributed by atoms with Crippen molar-refractivity contribution in [2.75, 3.05) is 20.1 Å². The van der Waals surface area contributed by atoms with Gasteiger partial charge in [0.05, 0.1) is 6.54 Å². The predicted molar refractivity (Wildman–Crippen MR) is 86.2 cm³/mol. The molecule has 1 aromatic carbocycles. The number of hydrogen-bond donors (Lipinski definition) is 2. The van der Waals surface area contributed by atoms with Crippen molar-refractivity contribution in [3.8, 4) is 0 Å². The monoisotopic (exact) mass is 321 g/mol. The number of carbonyl (C=O) groups is 2. The number of nitrogens with one attached hydrogen (secondary N) is 2. The molecule has 23 heavy (non-hydrogen) atoms. The Balaban J connectivity index is 1.64. The van der Waals surface area contributed by atoms with Gasteiger partial charge in [0.15, 0.2) is 0 Å². The molecule has 0 heterocycles. The summed E-state index contributed by atoms with van der Waals surface area (Å²) in [5.41, 5.74) is 0.797. The molecule has 0 atom stereocenters. The smallest absolute Gasteiger partial charge is 0.315 e. The summed E-state index contributed by atoms with van der Waals surface area (Å²) >= 11 is 0. The number of carbonyl (C=O) groups excluding carboxylic acids is 2. The van der Waals surface area contributed by atoms with Crippen molar-refractivity contribution in [3.05, 3.63) is 35.6 Å². The molecule has 126 valence electrons. The Bertz CT molecular complexity index is 527. The van der Waals surface area contributed by atoms with Gasteiger partial charge >= 0.3 is 6.03 Å². The molecule has 1 fully saturated rings. The first-order chi connectivity index (χ1) is 11.0. The summed E-state index contributed by atoms with van der Waals surface area (Å²) < 4.78 is 12.8. The third-order valence-corrected chi connectivity index (χ3v) is 4.20. The molecule has 1 aliphatic rings. The molecule has 1 aliphatic carbocycles. The number of amides is 3. The molecule has 3 amide bonds. The van der Waals surface area contributed by atoms with Gasteiger partial charge in [0, 0.05) is 20.1 Å². The molecule has 2 rings (SSSR count). The first-order valence-corrected chi connectivity index (χ1v) is 8.04. The molecule has 1 saturated carbocycles. The Morgan fingerprint density at radius 1 is 1.17 bits per heavy atom. The van der Waals surface area contributed by atoms with E-state index in [9.17, 15) is 14.0 Å². The zero-order valence-corrected chi connectivity index (χ0v) is 13.5. The lowest BCUT2D eigenvalue weighted by Crippen LogP contribution is -2.43. The van der Waals surface area contributed by atoms with Gasteiger partial charge in [0.2, 0.25) is 5.91 Å². The fraction of sp³-hybridized carbons (Fsp3) is 0.529. The number of benzene rings is 1. The van der Waals surface area contributed by atoms with Gasteiger partial charge in [-0.05, 0) is 36.5 Å². The minimum atomic E-state index is -0.406. The summed E-state index contributed by atoms with van der Waals surface area (Å²) in [7, 11) is 1.78. The van der Waals surface area contributed by atoms with Crippen molar-refractivity contribution in [2.45, 2.75) is 32.2 Å². The van der Waals surface area contributed by atoms with Crippen LogP contribution in [0, 0.1) is 11.7 Å². The Hall–Kier alpha value is -2.11. The minimum absolute atomic E-state index is 0.0154. The molecule has 0 unspecified atom stereocenters. The van der Waals surface area contributed by atoms with Crippen molar-refractivity contribution in [3.63, 3.8) is 0 Å². The zero-order chi connectivity index (χ0) is 16.7. The summed E-state index contributed by atoms with van der Waals surface area (Å²) in [6, 6.07) is 5.50. The van der Waals surface area contributed by atoms with Crippen LogP contribution >= 0.6 is 0 Å². The van der Waals surface area contributed by atoms with Gasteiger partial charge in [0.25, 0.3) is 0 Å². The van der Waals surface area contributed by atoms with Gasteiger partial charge in [-0.3, -0.25) is 4.79 Å². The van der Waals surface area contributed by atoms with Gasteiger partial charge in [0.1, 0.15) is 5.82 Å². The van der Waals surface area contributed by atoms with Crippen molar-refractivity contribution in [1.82, 2.24) is 15.5 Å². The fourth-order valence-electron chi connectivity index (χ4n) is 2.82. The zero-order valence-electron chi connectivity index (χ0n) is 13.5. The van der Waals surface area contributed by atoms with E-state index in [2.05, 4.69) is 10.6 Å². The second kappa shape index (κ2) is 8.50. The van der Waals surface area contributed by atoms with Crippen molar-refractivity contribution in [1.29, 1.82) is 0 Å². The summed E-state index contributed by atoms with van der Waals surface area (Å²) in [5.74, 6) is 0.194. The normalized spacial score (nSPS) is 14.5. The van der Waals surface area contributed by atoms with Crippen LogP contribution in [-0.2, 0) is 11.3 Å². The van der Waals surface area contributed by atoms with Crippen LogP contribution in [0.4, 0.5) is 9.18 Å². The first-order valence-electron chi connectivity index (χ1n) is 8.04. The highest BCUT2D eigenvalue weighted by Gasteiger charge is 2.19. The van der Waals surface area contributed by atoms with E-state index in [4.69, 9.17) is 0 Å². The van der Waals surface area contributed by atoms with Crippen molar-refractivity contribution < 1.29 is 14.0 Å². The second-order valence-corrected chi connectivity index (χ2v) is 6.09. The van der Waals surface area contributed by atoms with E-state index in [1.165, 1.54) is 37.8 Å². The molecule has 0 aliphatic heterocycles. The van der Waals surface area contributed by atoms with Crippen LogP contribution in [-0.4, -0.2) is 37.0 Å². The lowest BCUT2D eigenvalue weighted by molar-refractivity contribution is -0.129. The third-order valence-electron chi connectivity index (χ3n) is 4.20. The highest BCUT2D eigenvalue weighted by Crippen LogP contribution is 2.25. The van der Waals surface area contributed by atoms with Gasteiger partial charge in [-0.25, -0.2) is 9.18 Å². The molecule has 0 bridgehead atoms. The summed E-state index contributed by atoms with van der Waals surface area (Å²) in [4.78, 5) is 25.4. The molecule has 2 N–H and O–H groups in total. The maximum absolute atomic E-state index is 12.8. The number of likely N-dealkylation sites (N-methyl/N-ethyl adjacent to an activating group) is 1. The molecular weight excluding hydrogens is 297 g/mol. The Kier molecular flexibility index (Phi) is 6.38. The number of hydrogen-bond acceptors (Lipinski definition) is 2. The van der Waals surface area contributed by atoms with E-state index in [0.717, 1.165) is 12.1 Å². The SMILES string of the molecule is CN(CC1CCCC1)C(=O)CNC(=O)NCc1ccc(F)cc1. The molecule has 6 heteroatoms.